The minimum Gasteiger partial charge on any atom is -0.482 e. The molecule has 1 heterocycles. The van der Waals surface area contributed by atoms with Crippen LogP contribution in [0.4, 0.5) is 15.8 Å². The SMILES string of the molecule is O=C(CN1C(=O)COc2ccc([N+](=O)[O-])cc21)NCc1ccc(Oc2ccc(F)cc2)cc1. The molecule has 4 rings (SSSR count). The number of carbonyl (C=O) groups excluding carboxylic acids is 2. The molecule has 168 valence electrons. The van der Waals surface area contributed by atoms with Gasteiger partial charge in [-0.2, -0.15) is 0 Å². The van der Waals surface area contributed by atoms with Gasteiger partial charge in [-0.05, 0) is 48.0 Å². The van der Waals surface area contributed by atoms with Crippen molar-refractivity contribution in [2.75, 3.05) is 18.1 Å². The molecule has 0 fully saturated rings. The molecule has 0 aliphatic carbocycles. The predicted molar refractivity (Wildman–Crippen MR) is 116 cm³/mol. The lowest BCUT2D eigenvalue weighted by molar-refractivity contribution is -0.384. The molecule has 0 bridgehead atoms. The summed E-state index contributed by atoms with van der Waals surface area (Å²) < 4.78 is 23.9. The first-order chi connectivity index (χ1) is 15.9. The molecule has 0 unspecified atom stereocenters. The van der Waals surface area contributed by atoms with Crippen LogP contribution in [0.5, 0.6) is 17.2 Å². The molecule has 3 aromatic rings. The number of nitro groups is 1. The largest absolute Gasteiger partial charge is 0.482 e. The first kappa shape index (κ1) is 21.8. The predicted octanol–water partition coefficient (Wildman–Crippen LogP) is 3.57. The molecular formula is C23H18FN3O6. The van der Waals surface area contributed by atoms with Crippen LogP contribution in [0.15, 0.2) is 66.7 Å². The van der Waals surface area contributed by atoms with E-state index in [1.807, 2.05) is 0 Å². The van der Waals surface area contributed by atoms with Gasteiger partial charge in [0.1, 0.15) is 29.6 Å². The van der Waals surface area contributed by atoms with Gasteiger partial charge in [-0.15, -0.1) is 0 Å². The summed E-state index contributed by atoms with van der Waals surface area (Å²) in [7, 11) is 0. The fourth-order valence-electron chi connectivity index (χ4n) is 3.19. The third kappa shape index (κ3) is 5.24. The lowest BCUT2D eigenvalue weighted by atomic mass is 10.2. The second kappa shape index (κ2) is 9.35. The third-order valence-corrected chi connectivity index (χ3v) is 4.86. The molecule has 0 atom stereocenters. The molecule has 0 aromatic heterocycles. The van der Waals surface area contributed by atoms with Crippen LogP contribution in [0.3, 0.4) is 0 Å². The van der Waals surface area contributed by atoms with E-state index in [2.05, 4.69) is 5.32 Å². The number of nitrogens with one attached hydrogen (secondary N) is 1. The number of benzene rings is 3. The number of amides is 2. The maximum Gasteiger partial charge on any atom is 0.271 e. The Balaban J connectivity index is 1.36. The highest BCUT2D eigenvalue weighted by Gasteiger charge is 2.29. The molecule has 0 saturated carbocycles. The number of rotatable bonds is 7. The Labute approximate surface area is 187 Å². The molecule has 1 N–H and O–H groups in total. The van der Waals surface area contributed by atoms with E-state index in [4.69, 9.17) is 9.47 Å². The van der Waals surface area contributed by atoms with Crippen LogP contribution in [0.2, 0.25) is 0 Å². The summed E-state index contributed by atoms with van der Waals surface area (Å²) in [5, 5.41) is 13.8. The van der Waals surface area contributed by atoms with Gasteiger partial charge >= 0.3 is 0 Å². The number of fused-ring (bicyclic) bond motifs is 1. The van der Waals surface area contributed by atoms with Gasteiger partial charge in [0.15, 0.2) is 6.61 Å². The lowest BCUT2D eigenvalue weighted by Gasteiger charge is -2.28. The molecule has 0 radical (unpaired) electrons. The van der Waals surface area contributed by atoms with Crippen molar-refractivity contribution < 1.29 is 28.4 Å². The van der Waals surface area contributed by atoms with Crippen molar-refractivity contribution in [1.82, 2.24) is 5.32 Å². The zero-order valence-corrected chi connectivity index (χ0v) is 17.2. The first-order valence-electron chi connectivity index (χ1n) is 9.90. The van der Waals surface area contributed by atoms with Crippen molar-refractivity contribution in [3.05, 3.63) is 88.2 Å². The summed E-state index contributed by atoms with van der Waals surface area (Å²) >= 11 is 0. The number of hydrogen-bond acceptors (Lipinski definition) is 6. The van der Waals surface area contributed by atoms with Crippen LogP contribution in [0, 0.1) is 15.9 Å². The van der Waals surface area contributed by atoms with Crippen LogP contribution >= 0.6 is 0 Å². The quantitative estimate of drug-likeness (QED) is 0.434. The third-order valence-electron chi connectivity index (χ3n) is 4.86. The van der Waals surface area contributed by atoms with Crippen molar-refractivity contribution in [2.45, 2.75) is 6.54 Å². The number of anilines is 1. The average molecular weight is 451 g/mol. The van der Waals surface area contributed by atoms with E-state index in [0.29, 0.717) is 17.2 Å². The minimum absolute atomic E-state index is 0.179. The smallest absolute Gasteiger partial charge is 0.271 e. The van der Waals surface area contributed by atoms with Crippen molar-refractivity contribution in [3.8, 4) is 17.2 Å². The fraction of sp³-hybridized carbons (Fsp3) is 0.130. The summed E-state index contributed by atoms with van der Waals surface area (Å²) in [5.41, 5.74) is 0.762. The molecule has 0 saturated heterocycles. The van der Waals surface area contributed by atoms with E-state index >= 15 is 0 Å². The summed E-state index contributed by atoms with van der Waals surface area (Å²) in [6.07, 6.45) is 0. The first-order valence-corrected chi connectivity index (χ1v) is 9.90. The molecule has 33 heavy (non-hydrogen) atoms. The van der Waals surface area contributed by atoms with Gasteiger partial charge in [0, 0.05) is 18.7 Å². The van der Waals surface area contributed by atoms with Crippen LogP contribution in [0.25, 0.3) is 0 Å². The van der Waals surface area contributed by atoms with E-state index in [0.717, 1.165) is 5.56 Å². The Morgan fingerprint density at radius 3 is 2.42 bits per heavy atom. The number of nitrogens with zero attached hydrogens (tertiary/aromatic N) is 2. The van der Waals surface area contributed by atoms with E-state index in [9.17, 15) is 24.1 Å². The Morgan fingerprint density at radius 1 is 1.09 bits per heavy atom. The van der Waals surface area contributed by atoms with Gasteiger partial charge in [-0.25, -0.2) is 4.39 Å². The average Bonchev–Trinajstić information content (AvgIpc) is 2.81. The molecule has 0 spiro atoms. The summed E-state index contributed by atoms with van der Waals surface area (Å²) in [6, 6.07) is 16.5. The molecule has 3 aromatic carbocycles. The monoisotopic (exact) mass is 451 g/mol. The second-order valence-electron chi connectivity index (χ2n) is 7.15. The Morgan fingerprint density at radius 2 is 1.76 bits per heavy atom. The molecule has 1 aliphatic rings. The van der Waals surface area contributed by atoms with Gasteiger partial charge in [-0.3, -0.25) is 24.6 Å². The van der Waals surface area contributed by atoms with Crippen molar-refractivity contribution >= 4 is 23.2 Å². The van der Waals surface area contributed by atoms with Crippen LogP contribution in [0.1, 0.15) is 5.56 Å². The van der Waals surface area contributed by atoms with E-state index < -0.39 is 16.7 Å². The highest BCUT2D eigenvalue weighted by atomic mass is 19.1. The van der Waals surface area contributed by atoms with E-state index in [1.165, 1.54) is 47.4 Å². The zero-order valence-electron chi connectivity index (χ0n) is 17.2. The second-order valence-corrected chi connectivity index (χ2v) is 7.15. The standard InChI is InChI=1S/C23H18FN3O6/c24-16-3-8-19(9-4-16)33-18-6-1-15(2-7-18)12-25-22(28)13-26-20-11-17(27(30)31)5-10-21(20)32-14-23(26)29/h1-11H,12-14H2,(H,25,28). The summed E-state index contributed by atoms with van der Waals surface area (Å²) in [6.45, 7) is -0.355. The van der Waals surface area contributed by atoms with Crippen LogP contribution < -0.4 is 19.7 Å². The Hall–Kier alpha value is -4.47. The molecule has 1 aliphatic heterocycles. The van der Waals surface area contributed by atoms with Gasteiger partial charge in [-0.1, -0.05) is 12.1 Å². The summed E-state index contributed by atoms with van der Waals surface area (Å²) in [4.78, 5) is 36.4. The van der Waals surface area contributed by atoms with Gasteiger partial charge in [0.25, 0.3) is 11.6 Å². The number of halogens is 1. The number of nitro benzene ring substituents is 1. The maximum atomic E-state index is 13.0. The Bertz CT molecular complexity index is 1200. The number of carbonyl (C=O) groups is 2. The topological polar surface area (TPSA) is 111 Å². The van der Waals surface area contributed by atoms with Crippen molar-refractivity contribution in [3.63, 3.8) is 0 Å². The van der Waals surface area contributed by atoms with Gasteiger partial charge in [0.05, 0.1) is 10.6 Å². The number of hydrogen-bond donors (Lipinski definition) is 1. The highest BCUT2D eigenvalue weighted by Crippen LogP contribution is 2.35. The van der Waals surface area contributed by atoms with E-state index in [1.54, 1.807) is 24.3 Å². The summed E-state index contributed by atoms with van der Waals surface area (Å²) in [5.74, 6) is 0.0791. The maximum absolute atomic E-state index is 13.0. The van der Waals surface area contributed by atoms with E-state index in [-0.39, 0.29) is 36.9 Å². The number of non-ortho nitro benzene ring substituents is 1. The van der Waals surface area contributed by atoms with Crippen molar-refractivity contribution in [2.24, 2.45) is 0 Å². The van der Waals surface area contributed by atoms with Crippen molar-refractivity contribution in [1.29, 1.82) is 0 Å². The normalized spacial score (nSPS) is 12.5. The van der Waals surface area contributed by atoms with Crippen LogP contribution in [-0.4, -0.2) is 29.9 Å². The Kier molecular flexibility index (Phi) is 6.16. The highest BCUT2D eigenvalue weighted by molar-refractivity contribution is 6.02. The van der Waals surface area contributed by atoms with Crippen LogP contribution in [-0.2, 0) is 16.1 Å². The minimum atomic E-state index is -0.582. The molecule has 9 nitrogen and oxygen atoms in total. The molecule has 2 amide bonds. The van der Waals surface area contributed by atoms with Gasteiger partial charge < -0.3 is 14.8 Å². The number of ether oxygens (including phenoxy) is 2. The molecular weight excluding hydrogens is 433 g/mol. The lowest BCUT2D eigenvalue weighted by Crippen LogP contribution is -2.45. The zero-order chi connectivity index (χ0) is 23.4. The van der Waals surface area contributed by atoms with Gasteiger partial charge in [0.2, 0.25) is 5.91 Å². The fourth-order valence-corrected chi connectivity index (χ4v) is 3.19. The molecule has 10 heteroatoms.